The third kappa shape index (κ3) is 4.25. The average molecular weight is 311 g/mol. The van der Waals surface area contributed by atoms with Gasteiger partial charge in [-0.25, -0.2) is 9.97 Å². The van der Waals surface area contributed by atoms with Crippen molar-refractivity contribution < 1.29 is 0 Å². The maximum atomic E-state index is 6.13. The third-order valence-corrected chi connectivity index (χ3v) is 3.33. The molecule has 0 bridgehead atoms. The van der Waals surface area contributed by atoms with Crippen LogP contribution in [0, 0.1) is 0 Å². The molecule has 0 unspecified atom stereocenters. The van der Waals surface area contributed by atoms with Gasteiger partial charge >= 0.3 is 0 Å². The van der Waals surface area contributed by atoms with Crippen molar-refractivity contribution in [3.63, 3.8) is 0 Å². The molecule has 0 radical (unpaired) electrons. The molecular formula is C14H16Cl2N4. The standard InChI is InChI=1S/C14H16Cl2N4/c1-2-17-13-8-14(20-9-19-13)18-6-5-10-3-4-11(15)7-12(10)16/h3-4,7-9H,2,5-6H2,1H3,(H2,17,18,19,20). The molecular weight excluding hydrogens is 295 g/mol. The molecule has 2 aromatic rings. The number of halogens is 2. The van der Waals surface area contributed by atoms with E-state index in [2.05, 4.69) is 20.6 Å². The van der Waals surface area contributed by atoms with E-state index in [1.165, 1.54) is 6.33 Å². The minimum Gasteiger partial charge on any atom is -0.370 e. The number of nitrogens with one attached hydrogen (secondary N) is 2. The van der Waals surface area contributed by atoms with Crippen LogP contribution in [0.15, 0.2) is 30.6 Å². The second-order valence-electron chi connectivity index (χ2n) is 4.23. The zero-order valence-electron chi connectivity index (χ0n) is 11.2. The molecule has 0 aliphatic carbocycles. The molecule has 0 fully saturated rings. The molecule has 1 aromatic heterocycles. The quantitative estimate of drug-likeness (QED) is 0.850. The van der Waals surface area contributed by atoms with E-state index in [9.17, 15) is 0 Å². The molecule has 20 heavy (non-hydrogen) atoms. The Balaban J connectivity index is 1.90. The largest absolute Gasteiger partial charge is 0.370 e. The highest BCUT2D eigenvalue weighted by Crippen LogP contribution is 2.21. The van der Waals surface area contributed by atoms with Gasteiger partial charge in [0, 0.05) is 29.2 Å². The number of anilines is 2. The average Bonchev–Trinajstić information content (AvgIpc) is 2.42. The summed E-state index contributed by atoms with van der Waals surface area (Å²) in [6.45, 7) is 3.60. The van der Waals surface area contributed by atoms with Gasteiger partial charge in [-0.1, -0.05) is 29.3 Å². The monoisotopic (exact) mass is 310 g/mol. The van der Waals surface area contributed by atoms with Crippen molar-refractivity contribution >= 4 is 34.8 Å². The first-order valence-electron chi connectivity index (χ1n) is 6.42. The van der Waals surface area contributed by atoms with Crippen molar-refractivity contribution in [3.05, 3.63) is 46.2 Å². The first-order valence-corrected chi connectivity index (χ1v) is 7.18. The van der Waals surface area contributed by atoms with Crippen molar-refractivity contribution in [2.75, 3.05) is 23.7 Å². The fourth-order valence-corrected chi connectivity index (χ4v) is 2.28. The number of hydrogen-bond donors (Lipinski definition) is 2. The summed E-state index contributed by atoms with van der Waals surface area (Å²) in [6.07, 6.45) is 2.34. The maximum absolute atomic E-state index is 6.13. The van der Waals surface area contributed by atoms with E-state index >= 15 is 0 Å². The van der Waals surface area contributed by atoms with Crippen LogP contribution in [-0.2, 0) is 6.42 Å². The third-order valence-electron chi connectivity index (χ3n) is 2.74. The topological polar surface area (TPSA) is 49.8 Å². The molecule has 0 amide bonds. The molecule has 0 atom stereocenters. The van der Waals surface area contributed by atoms with Gasteiger partial charge in [-0.3, -0.25) is 0 Å². The lowest BCUT2D eigenvalue weighted by atomic mass is 10.1. The summed E-state index contributed by atoms with van der Waals surface area (Å²) in [4.78, 5) is 8.29. The van der Waals surface area contributed by atoms with Crippen LogP contribution in [0.2, 0.25) is 10.0 Å². The van der Waals surface area contributed by atoms with Gasteiger partial charge in [0.1, 0.15) is 18.0 Å². The Labute approximate surface area is 128 Å². The minimum atomic E-state index is 0.651. The van der Waals surface area contributed by atoms with E-state index in [0.717, 1.165) is 36.7 Å². The molecule has 1 heterocycles. The SMILES string of the molecule is CCNc1cc(NCCc2ccc(Cl)cc2Cl)ncn1. The van der Waals surface area contributed by atoms with Crippen molar-refractivity contribution in [1.82, 2.24) is 9.97 Å². The molecule has 0 aliphatic heterocycles. The molecule has 6 heteroatoms. The van der Waals surface area contributed by atoms with Crippen LogP contribution in [0.1, 0.15) is 12.5 Å². The van der Waals surface area contributed by atoms with E-state index in [4.69, 9.17) is 23.2 Å². The Bertz CT molecular complexity index is 575. The van der Waals surface area contributed by atoms with E-state index < -0.39 is 0 Å². The van der Waals surface area contributed by atoms with E-state index in [-0.39, 0.29) is 0 Å². The molecule has 2 rings (SSSR count). The summed E-state index contributed by atoms with van der Waals surface area (Å²) in [5.74, 6) is 1.61. The summed E-state index contributed by atoms with van der Waals surface area (Å²) >= 11 is 12.0. The molecule has 106 valence electrons. The van der Waals surface area contributed by atoms with Crippen LogP contribution >= 0.6 is 23.2 Å². The molecule has 2 N–H and O–H groups in total. The predicted octanol–water partition coefficient (Wildman–Crippen LogP) is 3.87. The van der Waals surface area contributed by atoms with Gasteiger partial charge in [0.25, 0.3) is 0 Å². The zero-order chi connectivity index (χ0) is 14.4. The van der Waals surface area contributed by atoms with Crippen molar-refractivity contribution in [3.8, 4) is 0 Å². The summed E-state index contributed by atoms with van der Waals surface area (Å²) in [6, 6.07) is 7.42. The van der Waals surface area contributed by atoms with E-state index in [1.54, 1.807) is 6.07 Å². The van der Waals surface area contributed by atoms with Gasteiger partial charge in [-0.15, -0.1) is 0 Å². The van der Waals surface area contributed by atoms with Gasteiger partial charge in [-0.05, 0) is 31.0 Å². The fourth-order valence-electron chi connectivity index (χ4n) is 1.78. The number of aromatic nitrogens is 2. The van der Waals surface area contributed by atoms with Crippen molar-refractivity contribution in [1.29, 1.82) is 0 Å². The van der Waals surface area contributed by atoms with Crippen LogP contribution < -0.4 is 10.6 Å². The van der Waals surface area contributed by atoms with E-state index in [1.807, 2.05) is 25.1 Å². The normalized spacial score (nSPS) is 10.3. The van der Waals surface area contributed by atoms with Crippen LogP contribution in [0.3, 0.4) is 0 Å². The second kappa shape index (κ2) is 7.31. The van der Waals surface area contributed by atoms with Crippen molar-refractivity contribution in [2.45, 2.75) is 13.3 Å². The van der Waals surface area contributed by atoms with Crippen LogP contribution in [-0.4, -0.2) is 23.1 Å². The number of hydrogen-bond acceptors (Lipinski definition) is 4. The maximum Gasteiger partial charge on any atom is 0.131 e. The molecule has 4 nitrogen and oxygen atoms in total. The lowest BCUT2D eigenvalue weighted by Gasteiger charge is -2.08. The Hall–Kier alpha value is -1.52. The van der Waals surface area contributed by atoms with Gasteiger partial charge in [-0.2, -0.15) is 0 Å². The molecule has 1 aromatic carbocycles. The summed E-state index contributed by atoms with van der Waals surface area (Å²) in [7, 11) is 0. The molecule has 0 spiro atoms. The van der Waals surface area contributed by atoms with Crippen LogP contribution in [0.4, 0.5) is 11.6 Å². The van der Waals surface area contributed by atoms with E-state index in [0.29, 0.717) is 10.0 Å². The Kier molecular flexibility index (Phi) is 5.44. The fraction of sp³-hybridized carbons (Fsp3) is 0.286. The van der Waals surface area contributed by atoms with Gasteiger partial charge in [0.15, 0.2) is 0 Å². The first kappa shape index (κ1) is 14.9. The Morgan fingerprint density at radius 2 is 1.80 bits per heavy atom. The first-order chi connectivity index (χ1) is 9.69. The van der Waals surface area contributed by atoms with Gasteiger partial charge < -0.3 is 10.6 Å². The number of benzene rings is 1. The van der Waals surface area contributed by atoms with Crippen molar-refractivity contribution in [2.24, 2.45) is 0 Å². The van der Waals surface area contributed by atoms with Gasteiger partial charge in [0.05, 0.1) is 0 Å². The van der Waals surface area contributed by atoms with Crippen LogP contribution in [0.5, 0.6) is 0 Å². The summed E-state index contributed by atoms with van der Waals surface area (Å²) in [5, 5.41) is 7.74. The smallest absolute Gasteiger partial charge is 0.131 e. The summed E-state index contributed by atoms with van der Waals surface area (Å²) in [5.41, 5.74) is 1.06. The molecule has 0 saturated heterocycles. The Morgan fingerprint density at radius 3 is 2.50 bits per heavy atom. The lowest BCUT2D eigenvalue weighted by molar-refractivity contribution is 0.998. The predicted molar refractivity (Wildman–Crippen MR) is 84.9 cm³/mol. The minimum absolute atomic E-state index is 0.651. The number of rotatable bonds is 6. The highest BCUT2D eigenvalue weighted by molar-refractivity contribution is 6.35. The lowest BCUT2D eigenvalue weighted by Crippen LogP contribution is -2.08. The Morgan fingerprint density at radius 1 is 1.05 bits per heavy atom. The van der Waals surface area contributed by atoms with Gasteiger partial charge in [0.2, 0.25) is 0 Å². The zero-order valence-corrected chi connectivity index (χ0v) is 12.7. The van der Waals surface area contributed by atoms with Crippen LogP contribution in [0.25, 0.3) is 0 Å². The summed E-state index contributed by atoms with van der Waals surface area (Å²) < 4.78 is 0. The highest BCUT2D eigenvalue weighted by Gasteiger charge is 2.02. The molecule has 0 aliphatic rings. The number of nitrogens with zero attached hydrogens (tertiary/aromatic N) is 2. The molecule has 0 saturated carbocycles. The highest BCUT2D eigenvalue weighted by atomic mass is 35.5. The second-order valence-corrected chi connectivity index (χ2v) is 5.07.